The van der Waals surface area contributed by atoms with Crippen LogP contribution in [0.25, 0.3) is 0 Å². The van der Waals surface area contributed by atoms with Crippen molar-refractivity contribution >= 4 is 29.2 Å². The molecule has 0 bridgehead atoms. The monoisotopic (exact) mass is 376 g/mol. The average molecular weight is 377 g/mol. The van der Waals surface area contributed by atoms with E-state index in [1.54, 1.807) is 30.3 Å². The summed E-state index contributed by atoms with van der Waals surface area (Å²) in [5, 5.41) is 12.9. The summed E-state index contributed by atoms with van der Waals surface area (Å²) in [5.41, 5.74) is 1.14. The number of aromatic amines is 1. The van der Waals surface area contributed by atoms with E-state index in [1.165, 1.54) is 0 Å². The summed E-state index contributed by atoms with van der Waals surface area (Å²) in [6.07, 6.45) is 0. The van der Waals surface area contributed by atoms with E-state index in [1.807, 2.05) is 34.6 Å². The number of carbonyl (C=O) groups is 2. The van der Waals surface area contributed by atoms with E-state index in [4.69, 9.17) is 11.6 Å². The molecule has 6 nitrogen and oxygen atoms in total. The molecular formula is C19H25ClN4O2. The largest absolute Gasteiger partial charge is 0.340 e. The van der Waals surface area contributed by atoms with Gasteiger partial charge in [-0.05, 0) is 18.1 Å². The van der Waals surface area contributed by atoms with Crippen molar-refractivity contribution in [1.82, 2.24) is 15.5 Å². The number of halogens is 1. The van der Waals surface area contributed by atoms with Crippen molar-refractivity contribution in [2.24, 2.45) is 5.92 Å². The third kappa shape index (κ3) is 4.85. The Morgan fingerprint density at radius 1 is 1.19 bits per heavy atom. The Morgan fingerprint density at radius 2 is 1.85 bits per heavy atom. The van der Waals surface area contributed by atoms with E-state index in [0.29, 0.717) is 16.4 Å². The summed E-state index contributed by atoms with van der Waals surface area (Å²) in [5.74, 6) is -0.394. The lowest BCUT2D eigenvalue weighted by Crippen LogP contribution is -2.47. The van der Waals surface area contributed by atoms with Crippen molar-refractivity contribution in [2.75, 3.05) is 5.32 Å². The predicted octanol–water partition coefficient (Wildman–Crippen LogP) is 3.75. The zero-order valence-electron chi connectivity index (χ0n) is 15.7. The summed E-state index contributed by atoms with van der Waals surface area (Å²) in [6, 6.07) is 7.81. The number of amides is 2. The van der Waals surface area contributed by atoms with Gasteiger partial charge in [0.1, 0.15) is 6.04 Å². The summed E-state index contributed by atoms with van der Waals surface area (Å²) < 4.78 is 0. The summed E-state index contributed by atoms with van der Waals surface area (Å²) >= 11 is 6.06. The predicted molar refractivity (Wildman–Crippen MR) is 103 cm³/mol. The average Bonchev–Trinajstić information content (AvgIpc) is 3.01. The number of hydrogen-bond donors (Lipinski definition) is 3. The molecule has 2 aromatic rings. The molecule has 0 saturated carbocycles. The topological polar surface area (TPSA) is 86.9 Å². The number of rotatable bonds is 5. The first-order valence-electron chi connectivity index (χ1n) is 8.51. The van der Waals surface area contributed by atoms with E-state index in [2.05, 4.69) is 20.8 Å². The van der Waals surface area contributed by atoms with Crippen molar-refractivity contribution in [2.45, 2.75) is 46.1 Å². The molecule has 0 radical (unpaired) electrons. The third-order valence-corrected chi connectivity index (χ3v) is 4.32. The molecule has 7 heteroatoms. The number of nitrogens with zero attached hydrogens (tertiary/aromatic N) is 1. The zero-order valence-corrected chi connectivity index (χ0v) is 16.4. The van der Waals surface area contributed by atoms with Gasteiger partial charge in [0.05, 0.1) is 10.6 Å². The first-order valence-corrected chi connectivity index (χ1v) is 8.89. The molecular weight excluding hydrogens is 352 g/mol. The highest BCUT2D eigenvalue weighted by Crippen LogP contribution is 2.22. The van der Waals surface area contributed by atoms with Crippen LogP contribution in [0.15, 0.2) is 30.3 Å². The van der Waals surface area contributed by atoms with Gasteiger partial charge in [-0.3, -0.25) is 14.7 Å². The van der Waals surface area contributed by atoms with Gasteiger partial charge >= 0.3 is 0 Å². The maximum atomic E-state index is 12.7. The van der Waals surface area contributed by atoms with Crippen molar-refractivity contribution in [3.8, 4) is 0 Å². The van der Waals surface area contributed by atoms with Crippen LogP contribution in [0.1, 0.15) is 50.7 Å². The van der Waals surface area contributed by atoms with Gasteiger partial charge in [-0.2, -0.15) is 5.10 Å². The summed E-state index contributed by atoms with van der Waals surface area (Å²) in [7, 11) is 0. The second-order valence-electron chi connectivity index (χ2n) is 7.58. The SMILES string of the molecule is CC(C)C(NC(=O)c1ccccc1Cl)C(=O)Nc1cc(C(C)(C)C)[nH]n1. The van der Waals surface area contributed by atoms with Gasteiger partial charge in [-0.1, -0.05) is 58.4 Å². The van der Waals surface area contributed by atoms with Gasteiger partial charge in [0.25, 0.3) is 5.91 Å². The van der Waals surface area contributed by atoms with Crippen LogP contribution in [-0.2, 0) is 10.2 Å². The lowest BCUT2D eigenvalue weighted by molar-refractivity contribution is -0.118. The molecule has 0 aliphatic carbocycles. The summed E-state index contributed by atoms with van der Waals surface area (Å²) in [4.78, 5) is 25.1. The number of nitrogens with one attached hydrogen (secondary N) is 3. The lowest BCUT2D eigenvalue weighted by atomic mass is 9.92. The first-order chi connectivity index (χ1) is 12.1. The van der Waals surface area contributed by atoms with Crippen LogP contribution in [0.3, 0.4) is 0 Å². The van der Waals surface area contributed by atoms with Crippen LogP contribution in [0.2, 0.25) is 5.02 Å². The second-order valence-corrected chi connectivity index (χ2v) is 7.99. The molecule has 0 aliphatic rings. The Kier molecular flexibility index (Phi) is 6.08. The van der Waals surface area contributed by atoms with E-state index < -0.39 is 6.04 Å². The highest BCUT2D eigenvalue weighted by atomic mass is 35.5. The Hall–Kier alpha value is -2.34. The molecule has 1 heterocycles. The van der Waals surface area contributed by atoms with Crippen LogP contribution < -0.4 is 10.6 Å². The van der Waals surface area contributed by atoms with Crippen LogP contribution in [0.4, 0.5) is 5.82 Å². The number of H-pyrrole nitrogens is 1. The number of aromatic nitrogens is 2. The molecule has 0 aliphatic heterocycles. The molecule has 3 N–H and O–H groups in total. The normalized spacial score (nSPS) is 12.7. The van der Waals surface area contributed by atoms with E-state index >= 15 is 0 Å². The van der Waals surface area contributed by atoms with Crippen LogP contribution in [0.5, 0.6) is 0 Å². The Bertz CT molecular complexity index is 793. The van der Waals surface area contributed by atoms with E-state index in [9.17, 15) is 9.59 Å². The molecule has 1 unspecified atom stereocenters. The standard InChI is InChI=1S/C19H25ClN4O2/c1-11(2)16(22-17(25)12-8-6-7-9-13(12)20)18(26)21-15-10-14(23-24-15)19(3,4)5/h6-11,16H,1-5H3,(H,22,25)(H2,21,23,24,26). The molecule has 0 fully saturated rings. The number of anilines is 1. The molecule has 140 valence electrons. The van der Waals surface area contributed by atoms with Crippen molar-refractivity contribution in [3.05, 3.63) is 46.6 Å². The first kappa shape index (κ1) is 20.0. The van der Waals surface area contributed by atoms with Crippen molar-refractivity contribution in [1.29, 1.82) is 0 Å². The molecule has 1 aromatic heterocycles. The van der Waals surface area contributed by atoms with Gasteiger partial charge < -0.3 is 10.6 Å². The zero-order chi connectivity index (χ0) is 19.5. The maximum absolute atomic E-state index is 12.7. The molecule has 26 heavy (non-hydrogen) atoms. The van der Waals surface area contributed by atoms with Crippen molar-refractivity contribution in [3.63, 3.8) is 0 Å². The highest BCUT2D eigenvalue weighted by molar-refractivity contribution is 6.33. The third-order valence-electron chi connectivity index (χ3n) is 3.99. The molecule has 1 aromatic carbocycles. The molecule has 0 spiro atoms. The Labute approximate surface area is 158 Å². The quantitative estimate of drug-likeness (QED) is 0.742. The number of benzene rings is 1. The molecule has 2 rings (SSSR count). The minimum absolute atomic E-state index is 0.105. The molecule has 0 saturated heterocycles. The highest BCUT2D eigenvalue weighted by Gasteiger charge is 2.26. The minimum atomic E-state index is -0.714. The fourth-order valence-corrected chi connectivity index (χ4v) is 2.59. The van der Waals surface area contributed by atoms with Gasteiger partial charge in [-0.15, -0.1) is 0 Å². The molecule has 2 amide bonds. The number of carbonyl (C=O) groups excluding carboxylic acids is 2. The Morgan fingerprint density at radius 3 is 2.38 bits per heavy atom. The fourth-order valence-electron chi connectivity index (χ4n) is 2.37. The lowest BCUT2D eigenvalue weighted by Gasteiger charge is -2.21. The Balaban J connectivity index is 2.11. The van der Waals surface area contributed by atoms with Gasteiger partial charge in [0, 0.05) is 17.2 Å². The smallest absolute Gasteiger partial charge is 0.253 e. The van der Waals surface area contributed by atoms with Gasteiger partial charge in [0.15, 0.2) is 5.82 Å². The van der Waals surface area contributed by atoms with E-state index in [-0.39, 0.29) is 23.1 Å². The number of hydrogen-bond acceptors (Lipinski definition) is 3. The fraction of sp³-hybridized carbons (Fsp3) is 0.421. The second kappa shape index (κ2) is 7.91. The molecule has 1 atom stereocenters. The maximum Gasteiger partial charge on any atom is 0.253 e. The van der Waals surface area contributed by atoms with Crippen molar-refractivity contribution < 1.29 is 9.59 Å². The van der Waals surface area contributed by atoms with Crippen LogP contribution in [-0.4, -0.2) is 28.1 Å². The van der Waals surface area contributed by atoms with Gasteiger partial charge in [0.2, 0.25) is 5.91 Å². The van der Waals surface area contributed by atoms with Gasteiger partial charge in [-0.25, -0.2) is 0 Å². The van der Waals surface area contributed by atoms with E-state index in [0.717, 1.165) is 5.69 Å². The summed E-state index contributed by atoms with van der Waals surface area (Å²) in [6.45, 7) is 9.87. The van der Waals surface area contributed by atoms with Crippen LogP contribution in [0, 0.1) is 5.92 Å². The minimum Gasteiger partial charge on any atom is -0.340 e. The van der Waals surface area contributed by atoms with Crippen LogP contribution >= 0.6 is 11.6 Å².